The molecule has 0 nitrogen and oxygen atoms in total. The molecule has 1 heteroatoms. The van der Waals surface area contributed by atoms with Crippen LogP contribution < -0.4 is 0 Å². The van der Waals surface area contributed by atoms with E-state index in [1.54, 1.807) is 6.07 Å². The lowest BCUT2D eigenvalue weighted by Crippen LogP contribution is -2.12. The number of halogens is 1. The fourth-order valence-corrected chi connectivity index (χ4v) is 3.87. The van der Waals surface area contributed by atoms with Gasteiger partial charge in [0.25, 0.3) is 0 Å². The smallest absolute Gasteiger partial charge is 0.127 e. The predicted molar refractivity (Wildman–Crippen MR) is 96.2 cm³/mol. The molecule has 3 rings (SSSR count). The Morgan fingerprint density at radius 1 is 0.870 bits per heavy atom. The van der Waals surface area contributed by atoms with Gasteiger partial charge in [-0.1, -0.05) is 56.7 Å². The van der Waals surface area contributed by atoms with Crippen molar-refractivity contribution >= 4 is 0 Å². The van der Waals surface area contributed by atoms with Crippen molar-refractivity contribution in [1.82, 2.24) is 0 Å². The van der Waals surface area contributed by atoms with E-state index in [-0.39, 0.29) is 5.82 Å². The molecule has 0 saturated heterocycles. The second kappa shape index (κ2) is 7.29. The van der Waals surface area contributed by atoms with Gasteiger partial charge in [0.2, 0.25) is 0 Å². The number of hydrogen-bond acceptors (Lipinski definition) is 0. The fraction of sp³-hybridized carbons (Fsp3) is 0.455. The van der Waals surface area contributed by atoms with E-state index in [0.29, 0.717) is 5.92 Å². The van der Waals surface area contributed by atoms with Gasteiger partial charge in [-0.25, -0.2) is 4.39 Å². The van der Waals surface area contributed by atoms with Gasteiger partial charge in [-0.3, -0.25) is 0 Å². The van der Waals surface area contributed by atoms with Crippen molar-refractivity contribution in [1.29, 1.82) is 0 Å². The normalized spacial score (nSPS) is 21.3. The zero-order chi connectivity index (χ0) is 16.2. The summed E-state index contributed by atoms with van der Waals surface area (Å²) in [5, 5.41) is 0. The van der Waals surface area contributed by atoms with Crippen molar-refractivity contribution in [2.24, 2.45) is 5.92 Å². The van der Waals surface area contributed by atoms with Crippen LogP contribution in [0.2, 0.25) is 0 Å². The predicted octanol–water partition coefficient (Wildman–Crippen LogP) is 6.74. The molecule has 1 aliphatic rings. The minimum Gasteiger partial charge on any atom is -0.207 e. The van der Waals surface area contributed by atoms with E-state index in [1.807, 2.05) is 19.1 Å². The van der Waals surface area contributed by atoms with Crippen molar-refractivity contribution < 1.29 is 4.39 Å². The maximum absolute atomic E-state index is 14.0. The molecule has 0 aliphatic heterocycles. The third-order valence-corrected chi connectivity index (χ3v) is 5.57. The highest BCUT2D eigenvalue weighted by atomic mass is 19.1. The standard InChI is InChI=1S/C22H27F/c1-3-16-5-7-18(8-6-16)19-10-12-20(13-11-19)21-14-9-17(4-2)22(23)15-21/h9-16,18H,3-8H2,1-2H3. The molecule has 122 valence electrons. The summed E-state index contributed by atoms with van der Waals surface area (Å²) in [5.74, 6) is 1.56. The first kappa shape index (κ1) is 16.2. The molecule has 1 aliphatic carbocycles. The second-order valence-electron chi connectivity index (χ2n) is 6.91. The summed E-state index contributed by atoms with van der Waals surface area (Å²) in [6, 6.07) is 14.4. The van der Waals surface area contributed by atoms with E-state index >= 15 is 0 Å². The van der Waals surface area contributed by atoms with Crippen LogP contribution in [0.15, 0.2) is 42.5 Å². The first-order chi connectivity index (χ1) is 11.2. The highest BCUT2D eigenvalue weighted by Crippen LogP contribution is 2.37. The molecule has 2 aromatic carbocycles. The van der Waals surface area contributed by atoms with Gasteiger partial charge in [-0.2, -0.15) is 0 Å². The molecule has 0 aromatic heterocycles. The molecule has 0 heterocycles. The van der Waals surface area contributed by atoms with E-state index in [4.69, 9.17) is 0 Å². The molecule has 0 unspecified atom stereocenters. The molecule has 0 atom stereocenters. The Morgan fingerprint density at radius 3 is 2.09 bits per heavy atom. The topological polar surface area (TPSA) is 0 Å². The van der Waals surface area contributed by atoms with Crippen LogP contribution in [-0.2, 0) is 6.42 Å². The molecule has 0 bridgehead atoms. The number of rotatable bonds is 4. The Kier molecular flexibility index (Phi) is 5.15. The van der Waals surface area contributed by atoms with Crippen LogP contribution in [0.1, 0.15) is 63.0 Å². The Balaban J connectivity index is 1.73. The highest BCUT2D eigenvalue weighted by Gasteiger charge is 2.21. The molecule has 23 heavy (non-hydrogen) atoms. The molecule has 1 fully saturated rings. The Hall–Kier alpha value is -1.63. The number of aryl methyl sites for hydroxylation is 1. The average Bonchev–Trinajstić information content (AvgIpc) is 2.62. The molecule has 1 saturated carbocycles. The van der Waals surface area contributed by atoms with Gasteiger partial charge in [0.1, 0.15) is 5.82 Å². The zero-order valence-corrected chi connectivity index (χ0v) is 14.3. The van der Waals surface area contributed by atoms with Gasteiger partial charge in [-0.05, 0) is 72.3 Å². The van der Waals surface area contributed by atoms with Gasteiger partial charge in [0, 0.05) is 0 Å². The maximum Gasteiger partial charge on any atom is 0.127 e. The monoisotopic (exact) mass is 310 g/mol. The van der Waals surface area contributed by atoms with Gasteiger partial charge in [-0.15, -0.1) is 0 Å². The lowest BCUT2D eigenvalue weighted by molar-refractivity contribution is 0.319. The molecular formula is C22H27F. The van der Waals surface area contributed by atoms with Crippen molar-refractivity contribution in [3.8, 4) is 11.1 Å². The van der Waals surface area contributed by atoms with E-state index in [2.05, 4.69) is 31.2 Å². The van der Waals surface area contributed by atoms with Crippen LogP contribution in [0.3, 0.4) is 0 Å². The summed E-state index contributed by atoms with van der Waals surface area (Å²) in [4.78, 5) is 0. The Morgan fingerprint density at radius 2 is 1.52 bits per heavy atom. The summed E-state index contributed by atoms with van der Waals surface area (Å²) in [6.07, 6.45) is 7.44. The van der Waals surface area contributed by atoms with Crippen molar-refractivity contribution in [3.05, 3.63) is 59.4 Å². The van der Waals surface area contributed by atoms with Gasteiger partial charge < -0.3 is 0 Å². The van der Waals surface area contributed by atoms with Gasteiger partial charge >= 0.3 is 0 Å². The first-order valence-electron chi connectivity index (χ1n) is 9.10. The van der Waals surface area contributed by atoms with E-state index in [0.717, 1.165) is 29.0 Å². The van der Waals surface area contributed by atoms with E-state index in [1.165, 1.54) is 37.7 Å². The zero-order valence-electron chi connectivity index (χ0n) is 14.3. The number of hydrogen-bond donors (Lipinski definition) is 0. The highest BCUT2D eigenvalue weighted by molar-refractivity contribution is 5.64. The van der Waals surface area contributed by atoms with Crippen LogP contribution in [0.25, 0.3) is 11.1 Å². The Bertz CT molecular complexity index is 634. The van der Waals surface area contributed by atoms with Gasteiger partial charge in [0.05, 0.1) is 0 Å². The van der Waals surface area contributed by atoms with Gasteiger partial charge in [0.15, 0.2) is 0 Å². The molecular weight excluding hydrogens is 283 g/mol. The third kappa shape index (κ3) is 3.65. The number of benzene rings is 2. The minimum absolute atomic E-state index is 0.0908. The maximum atomic E-state index is 14.0. The third-order valence-electron chi connectivity index (χ3n) is 5.57. The quantitative estimate of drug-likeness (QED) is 0.586. The second-order valence-corrected chi connectivity index (χ2v) is 6.91. The molecule has 0 N–H and O–H groups in total. The van der Waals surface area contributed by atoms with Crippen molar-refractivity contribution in [3.63, 3.8) is 0 Å². The lowest BCUT2D eigenvalue weighted by Gasteiger charge is -2.28. The van der Waals surface area contributed by atoms with E-state index in [9.17, 15) is 4.39 Å². The van der Waals surface area contributed by atoms with E-state index < -0.39 is 0 Å². The molecule has 0 spiro atoms. The fourth-order valence-electron chi connectivity index (χ4n) is 3.87. The minimum atomic E-state index is -0.0908. The summed E-state index contributed by atoms with van der Waals surface area (Å²) in [5.41, 5.74) is 4.32. The molecule has 2 aromatic rings. The van der Waals surface area contributed by atoms with Crippen LogP contribution in [0.4, 0.5) is 4.39 Å². The summed E-state index contributed by atoms with van der Waals surface area (Å²) >= 11 is 0. The molecule has 0 amide bonds. The summed E-state index contributed by atoms with van der Waals surface area (Å²) in [7, 11) is 0. The lowest BCUT2D eigenvalue weighted by atomic mass is 9.77. The van der Waals surface area contributed by atoms with Crippen molar-refractivity contribution in [2.75, 3.05) is 0 Å². The van der Waals surface area contributed by atoms with Crippen LogP contribution in [0.5, 0.6) is 0 Å². The molecule has 0 radical (unpaired) electrons. The van der Waals surface area contributed by atoms with Crippen molar-refractivity contribution in [2.45, 2.75) is 58.3 Å². The summed E-state index contributed by atoms with van der Waals surface area (Å²) in [6.45, 7) is 4.29. The average molecular weight is 310 g/mol. The first-order valence-corrected chi connectivity index (χ1v) is 9.10. The largest absolute Gasteiger partial charge is 0.207 e. The Labute approximate surface area is 139 Å². The summed E-state index contributed by atoms with van der Waals surface area (Å²) < 4.78 is 14.0. The van der Waals surface area contributed by atoms with Crippen LogP contribution in [-0.4, -0.2) is 0 Å². The SMILES string of the molecule is CCc1ccc(-c2ccc(C3CCC(CC)CC3)cc2)cc1F. The van der Waals surface area contributed by atoms with Crippen LogP contribution >= 0.6 is 0 Å². The van der Waals surface area contributed by atoms with Crippen LogP contribution in [0, 0.1) is 11.7 Å².